The largest absolute Gasteiger partial charge is 0.493 e. The molecule has 19 heavy (non-hydrogen) atoms. The lowest BCUT2D eigenvalue weighted by Gasteiger charge is -2.07. The van der Waals surface area contributed by atoms with E-state index < -0.39 is 0 Å². The van der Waals surface area contributed by atoms with Crippen molar-refractivity contribution in [1.29, 1.82) is 0 Å². The minimum atomic E-state index is 0.371. The molecule has 1 aromatic carbocycles. The van der Waals surface area contributed by atoms with Crippen molar-refractivity contribution < 1.29 is 9.94 Å². The second kappa shape index (κ2) is 6.01. The molecule has 0 radical (unpaired) electrons. The fourth-order valence-electron chi connectivity index (χ4n) is 1.67. The number of nitrogens with one attached hydrogen (secondary N) is 2. The first-order chi connectivity index (χ1) is 9.24. The van der Waals surface area contributed by atoms with Crippen LogP contribution in [0.2, 0.25) is 0 Å². The maximum atomic E-state index is 8.70. The molecule has 0 bridgehead atoms. The van der Waals surface area contributed by atoms with Gasteiger partial charge in [-0.2, -0.15) is 5.10 Å². The van der Waals surface area contributed by atoms with Crippen molar-refractivity contribution in [3.63, 3.8) is 0 Å². The van der Waals surface area contributed by atoms with Crippen LogP contribution in [0.4, 0.5) is 5.82 Å². The van der Waals surface area contributed by atoms with E-state index in [0.29, 0.717) is 18.3 Å². The highest BCUT2D eigenvalue weighted by Gasteiger charge is 2.08. The van der Waals surface area contributed by atoms with E-state index in [1.165, 1.54) is 0 Å². The Kier molecular flexibility index (Phi) is 4.15. The second-order valence-corrected chi connectivity index (χ2v) is 3.88. The van der Waals surface area contributed by atoms with E-state index in [-0.39, 0.29) is 0 Å². The molecule has 2 rings (SSSR count). The van der Waals surface area contributed by atoms with Gasteiger partial charge in [0.05, 0.1) is 12.3 Å². The summed E-state index contributed by atoms with van der Waals surface area (Å²) in [6.07, 6.45) is 0. The molecular weight excluding hydrogens is 244 g/mol. The van der Waals surface area contributed by atoms with E-state index in [9.17, 15) is 0 Å². The molecular formula is C13H16N4O2. The maximum absolute atomic E-state index is 8.70. The van der Waals surface area contributed by atoms with Crippen molar-refractivity contribution >= 4 is 11.7 Å². The van der Waals surface area contributed by atoms with Gasteiger partial charge in [0.1, 0.15) is 11.6 Å². The van der Waals surface area contributed by atoms with Crippen molar-refractivity contribution in [2.75, 3.05) is 6.61 Å². The number of H-pyrrole nitrogens is 1. The molecule has 100 valence electrons. The molecule has 0 unspecified atom stereocenters. The van der Waals surface area contributed by atoms with E-state index >= 15 is 0 Å². The number of aromatic nitrogens is 2. The Morgan fingerprint density at radius 1 is 1.47 bits per heavy atom. The standard InChI is InChI=1S/C13H16N4O2/c1-3-19-12-7-5-4-6-10(12)11-8-13(16-15-11)14-9(2)17-18/h4-8,18H,3H2,1-2H3,(H2,14,15,16,17). The van der Waals surface area contributed by atoms with E-state index in [4.69, 9.17) is 9.94 Å². The minimum Gasteiger partial charge on any atom is -0.493 e. The van der Waals surface area contributed by atoms with Crippen LogP contribution in [0, 0.1) is 0 Å². The SMILES string of the molecule is CCOc1ccccc1-c1cc(N=C(C)NO)n[nH]1. The van der Waals surface area contributed by atoms with Crippen LogP contribution in [0.3, 0.4) is 0 Å². The summed E-state index contributed by atoms with van der Waals surface area (Å²) < 4.78 is 5.57. The van der Waals surface area contributed by atoms with Crippen molar-refractivity contribution in [1.82, 2.24) is 15.7 Å². The highest BCUT2D eigenvalue weighted by molar-refractivity contribution is 5.81. The molecule has 0 aliphatic rings. The highest BCUT2D eigenvalue weighted by atomic mass is 16.5. The third-order valence-corrected chi connectivity index (χ3v) is 2.49. The van der Waals surface area contributed by atoms with Crippen LogP contribution in [0.15, 0.2) is 35.3 Å². The van der Waals surface area contributed by atoms with Gasteiger partial charge in [-0.05, 0) is 26.0 Å². The molecule has 0 aliphatic carbocycles. The summed E-state index contributed by atoms with van der Waals surface area (Å²) in [5.74, 6) is 1.65. The molecule has 0 saturated heterocycles. The molecule has 1 heterocycles. The molecule has 0 aliphatic heterocycles. The van der Waals surface area contributed by atoms with Gasteiger partial charge in [-0.1, -0.05) is 12.1 Å². The topological polar surface area (TPSA) is 82.5 Å². The number of rotatable bonds is 4. The number of aromatic amines is 1. The van der Waals surface area contributed by atoms with E-state index in [2.05, 4.69) is 15.2 Å². The number of amidine groups is 1. The summed E-state index contributed by atoms with van der Waals surface area (Å²) in [4.78, 5) is 4.07. The summed E-state index contributed by atoms with van der Waals surface area (Å²) in [6, 6.07) is 9.50. The Morgan fingerprint density at radius 3 is 3.00 bits per heavy atom. The smallest absolute Gasteiger partial charge is 0.176 e. The van der Waals surface area contributed by atoms with E-state index in [1.807, 2.05) is 36.7 Å². The summed E-state index contributed by atoms with van der Waals surface area (Å²) in [7, 11) is 0. The van der Waals surface area contributed by atoms with Crippen LogP contribution in [0.5, 0.6) is 5.75 Å². The first-order valence-corrected chi connectivity index (χ1v) is 5.97. The van der Waals surface area contributed by atoms with Gasteiger partial charge in [0.15, 0.2) is 5.82 Å². The van der Waals surface area contributed by atoms with Crippen molar-refractivity contribution in [2.24, 2.45) is 4.99 Å². The quantitative estimate of drug-likeness (QED) is 0.448. The summed E-state index contributed by atoms with van der Waals surface area (Å²) >= 11 is 0. The molecule has 2 aromatic rings. The number of nitrogens with zero attached hydrogens (tertiary/aromatic N) is 2. The molecule has 6 heteroatoms. The van der Waals surface area contributed by atoms with Gasteiger partial charge < -0.3 is 4.74 Å². The fraction of sp³-hybridized carbons (Fsp3) is 0.231. The zero-order valence-electron chi connectivity index (χ0n) is 10.8. The number of benzene rings is 1. The summed E-state index contributed by atoms with van der Waals surface area (Å²) in [6.45, 7) is 4.18. The molecule has 0 spiro atoms. The highest BCUT2D eigenvalue weighted by Crippen LogP contribution is 2.30. The first kappa shape index (κ1) is 13.1. The molecule has 1 aromatic heterocycles. The number of hydroxylamine groups is 1. The van der Waals surface area contributed by atoms with Crippen LogP contribution in [-0.4, -0.2) is 27.8 Å². The van der Waals surface area contributed by atoms with Gasteiger partial charge in [0.25, 0.3) is 0 Å². The van der Waals surface area contributed by atoms with Crippen LogP contribution in [0.1, 0.15) is 13.8 Å². The summed E-state index contributed by atoms with van der Waals surface area (Å²) in [5, 5.41) is 15.7. The average molecular weight is 260 g/mol. The second-order valence-electron chi connectivity index (χ2n) is 3.88. The Labute approximate surface area is 111 Å². The zero-order valence-corrected chi connectivity index (χ0v) is 10.8. The number of hydrogen-bond donors (Lipinski definition) is 3. The minimum absolute atomic E-state index is 0.371. The van der Waals surface area contributed by atoms with E-state index in [1.54, 1.807) is 13.0 Å². The predicted octanol–water partition coefficient (Wildman–Crippen LogP) is 2.50. The number of para-hydroxylation sites is 1. The predicted molar refractivity (Wildman–Crippen MR) is 72.9 cm³/mol. The summed E-state index contributed by atoms with van der Waals surface area (Å²) in [5.41, 5.74) is 3.70. The lowest BCUT2D eigenvalue weighted by Crippen LogP contribution is -2.13. The van der Waals surface area contributed by atoms with Crippen LogP contribution < -0.4 is 10.2 Å². The Hall–Kier alpha value is -2.34. The third kappa shape index (κ3) is 3.11. The molecule has 0 amide bonds. The number of aliphatic imine (C=N–C) groups is 1. The molecule has 6 nitrogen and oxygen atoms in total. The Morgan fingerprint density at radius 2 is 2.26 bits per heavy atom. The fourth-order valence-corrected chi connectivity index (χ4v) is 1.67. The normalized spacial score (nSPS) is 11.4. The van der Waals surface area contributed by atoms with Crippen LogP contribution in [0.25, 0.3) is 11.3 Å². The number of ether oxygens (including phenoxy) is 1. The van der Waals surface area contributed by atoms with Gasteiger partial charge in [0.2, 0.25) is 0 Å². The monoisotopic (exact) mass is 260 g/mol. The van der Waals surface area contributed by atoms with Crippen molar-refractivity contribution in [3.05, 3.63) is 30.3 Å². The van der Waals surface area contributed by atoms with Gasteiger partial charge in [-0.15, -0.1) is 0 Å². The van der Waals surface area contributed by atoms with Crippen molar-refractivity contribution in [3.8, 4) is 17.0 Å². The average Bonchev–Trinajstić information content (AvgIpc) is 2.88. The lowest BCUT2D eigenvalue weighted by molar-refractivity contribution is 0.234. The molecule has 0 atom stereocenters. The third-order valence-electron chi connectivity index (χ3n) is 2.49. The lowest BCUT2D eigenvalue weighted by atomic mass is 10.1. The Balaban J connectivity index is 2.33. The number of hydrogen-bond acceptors (Lipinski definition) is 4. The Bertz CT molecular complexity index is 578. The van der Waals surface area contributed by atoms with E-state index in [0.717, 1.165) is 17.0 Å². The first-order valence-electron chi connectivity index (χ1n) is 5.97. The molecule has 3 N–H and O–H groups in total. The van der Waals surface area contributed by atoms with Crippen LogP contribution >= 0.6 is 0 Å². The molecule has 0 fully saturated rings. The van der Waals surface area contributed by atoms with Gasteiger partial charge in [-0.25, -0.2) is 4.99 Å². The van der Waals surface area contributed by atoms with Crippen LogP contribution in [-0.2, 0) is 0 Å². The van der Waals surface area contributed by atoms with Gasteiger partial charge >= 0.3 is 0 Å². The maximum Gasteiger partial charge on any atom is 0.176 e. The van der Waals surface area contributed by atoms with Gasteiger partial charge in [0, 0.05) is 11.6 Å². The molecule has 0 saturated carbocycles. The van der Waals surface area contributed by atoms with Gasteiger partial charge in [-0.3, -0.25) is 15.8 Å². The zero-order chi connectivity index (χ0) is 13.7. The van der Waals surface area contributed by atoms with Crippen molar-refractivity contribution in [2.45, 2.75) is 13.8 Å².